The van der Waals surface area contributed by atoms with Gasteiger partial charge >= 0.3 is 0 Å². The van der Waals surface area contributed by atoms with Crippen LogP contribution in [-0.2, 0) is 0 Å². The van der Waals surface area contributed by atoms with Gasteiger partial charge in [-0.05, 0) is 94.0 Å². The minimum atomic E-state index is 0. The van der Waals surface area contributed by atoms with Crippen LogP contribution in [0, 0.1) is 12.8 Å². The van der Waals surface area contributed by atoms with Crippen molar-refractivity contribution in [1.29, 1.82) is 0 Å². The van der Waals surface area contributed by atoms with Crippen molar-refractivity contribution in [1.82, 2.24) is 10.1 Å². The highest BCUT2D eigenvalue weighted by Gasteiger charge is 2.23. The maximum absolute atomic E-state index is 9.30. The van der Waals surface area contributed by atoms with Crippen molar-refractivity contribution in [2.75, 3.05) is 11.9 Å². The van der Waals surface area contributed by atoms with E-state index in [9.17, 15) is 5.11 Å². The number of benzene rings is 2. The average Bonchev–Trinajstić information content (AvgIpc) is 3.39. The minimum Gasteiger partial charge on any atom is -0.491 e. The van der Waals surface area contributed by atoms with Gasteiger partial charge in [0.2, 0.25) is 5.82 Å². The average molecular weight is 464 g/mol. The van der Waals surface area contributed by atoms with Crippen molar-refractivity contribution in [3.63, 3.8) is 0 Å². The van der Waals surface area contributed by atoms with Gasteiger partial charge in [0.25, 0.3) is 5.89 Å². The molecule has 2 atom stereocenters. The normalized spacial score (nSPS) is 17.5. The molecule has 1 fully saturated rings. The van der Waals surface area contributed by atoms with Crippen LogP contribution >= 0.6 is 12.4 Å². The molecule has 4 rings (SSSR count). The molecule has 0 spiro atoms. The lowest BCUT2D eigenvalue weighted by molar-refractivity contribution is 0.229. The van der Waals surface area contributed by atoms with Crippen LogP contribution in [-0.4, -0.2) is 39.5 Å². The van der Waals surface area contributed by atoms with Crippen molar-refractivity contribution in [2.45, 2.75) is 52.2 Å². The lowest BCUT2D eigenvalue weighted by Crippen LogP contribution is -2.16. The summed E-state index contributed by atoms with van der Waals surface area (Å²) in [5.74, 6) is 2.35. The van der Waals surface area contributed by atoms with Gasteiger partial charge in [-0.25, -0.2) is 0 Å². The number of nitrogens with one attached hydrogen (secondary N) is 1. The van der Waals surface area contributed by atoms with Gasteiger partial charge in [-0.2, -0.15) is 4.98 Å². The molecule has 8 heteroatoms. The number of rotatable bonds is 7. The predicted octanol–water partition coefficient (Wildman–Crippen LogP) is 4.92. The van der Waals surface area contributed by atoms with Crippen LogP contribution in [0.15, 0.2) is 47.0 Å². The van der Waals surface area contributed by atoms with E-state index in [1.165, 1.54) is 0 Å². The second-order valence-corrected chi connectivity index (χ2v) is 8.35. The molecule has 1 aliphatic rings. The summed E-state index contributed by atoms with van der Waals surface area (Å²) in [6.07, 6.45) is 3.33. The molecule has 32 heavy (non-hydrogen) atoms. The zero-order valence-electron chi connectivity index (χ0n) is 18.7. The molecule has 2 aromatic carbocycles. The second-order valence-electron chi connectivity index (χ2n) is 8.35. The van der Waals surface area contributed by atoms with E-state index in [-0.39, 0.29) is 32.0 Å². The van der Waals surface area contributed by atoms with Gasteiger partial charge in [0, 0.05) is 30.9 Å². The number of aromatic nitrogens is 2. The Bertz CT molecular complexity index is 998. The van der Waals surface area contributed by atoms with E-state index in [4.69, 9.17) is 9.26 Å². The molecule has 176 valence electrons. The predicted molar refractivity (Wildman–Crippen MR) is 130 cm³/mol. The van der Waals surface area contributed by atoms with Crippen molar-refractivity contribution in [2.24, 2.45) is 5.92 Å². The van der Waals surface area contributed by atoms with Crippen LogP contribution in [0.25, 0.3) is 22.8 Å². The number of hydrogen-bond acceptors (Lipinski definition) is 6. The number of ether oxygens (including phenoxy) is 1. The molecule has 0 radical (unpaired) electrons. The largest absolute Gasteiger partial charge is 0.491 e. The van der Waals surface area contributed by atoms with Crippen molar-refractivity contribution in [3.8, 4) is 28.6 Å². The van der Waals surface area contributed by atoms with Crippen LogP contribution in [0.2, 0.25) is 0 Å². The van der Waals surface area contributed by atoms with Gasteiger partial charge in [-0.1, -0.05) is 5.16 Å². The van der Waals surface area contributed by atoms with Gasteiger partial charge in [0.1, 0.15) is 5.75 Å². The van der Waals surface area contributed by atoms with Crippen LogP contribution in [0.3, 0.4) is 0 Å². The molecule has 0 unspecified atom stereocenters. The van der Waals surface area contributed by atoms with Crippen LogP contribution in [0.5, 0.6) is 5.75 Å². The van der Waals surface area contributed by atoms with E-state index in [1.54, 1.807) is 0 Å². The Labute approximate surface area is 196 Å². The molecule has 1 aliphatic carbocycles. The van der Waals surface area contributed by atoms with Crippen molar-refractivity contribution < 1.29 is 21.3 Å². The van der Waals surface area contributed by atoms with Crippen LogP contribution < -0.4 is 10.1 Å². The topological polar surface area (TPSA) is 112 Å². The summed E-state index contributed by atoms with van der Waals surface area (Å²) in [5.41, 5.74) is 3.89. The molecule has 0 aliphatic heterocycles. The lowest BCUT2D eigenvalue weighted by Gasteiger charge is -2.14. The van der Waals surface area contributed by atoms with Gasteiger partial charge in [-0.3, -0.25) is 0 Å². The van der Waals surface area contributed by atoms with E-state index in [2.05, 4.69) is 15.5 Å². The number of hydrogen-bond donors (Lipinski definition) is 2. The quantitative estimate of drug-likeness (QED) is 0.514. The first-order valence-electron chi connectivity index (χ1n) is 10.6. The maximum atomic E-state index is 9.30. The summed E-state index contributed by atoms with van der Waals surface area (Å²) in [4.78, 5) is 4.57. The van der Waals surface area contributed by atoms with E-state index < -0.39 is 0 Å². The Balaban J connectivity index is 0.00000181. The number of anilines is 1. The minimum absolute atomic E-state index is 0. The standard InChI is InChI=1S/C24H29N3O3.ClH.H2O.H2/c1-15(2)29-22-11-7-19(12-16(22)3)23-26-24(30-27-23)18-5-9-20(10-6-18)25-21-8-4-17(13-21)14-28;;;/h5-7,9-12,15,17,21,25,28H,4,8,13-14H2,1-3H3;1H;1H2;1H/t17-,21+;;;/m1.../s1. The fourth-order valence-electron chi connectivity index (χ4n) is 3.95. The third kappa shape index (κ3) is 6.00. The molecule has 7 nitrogen and oxygen atoms in total. The van der Waals surface area contributed by atoms with Gasteiger partial charge in [-0.15, -0.1) is 12.4 Å². The first-order valence-corrected chi connectivity index (χ1v) is 10.6. The fourth-order valence-corrected chi connectivity index (χ4v) is 3.95. The SMILES string of the molecule is Cc1cc(-c2noc(-c3ccc(N[C@H]4CC[C@@H](CO)C4)cc3)n2)ccc1OC(C)C.Cl.O.[HH]. The highest BCUT2D eigenvalue weighted by Crippen LogP contribution is 2.30. The van der Waals surface area contributed by atoms with E-state index in [1.807, 2.05) is 63.2 Å². The van der Waals surface area contributed by atoms with Gasteiger partial charge in [0.05, 0.1) is 6.10 Å². The number of halogens is 1. The van der Waals surface area contributed by atoms with E-state index in [0.717, 1.165) is 47.4 Å². The zero-order chi connectivity index (χ0) is 21.1. The molecule has 0 saturated heterocycles. The highest BCUT2D eigenvalue weighted by molar-refractivity contribution is 5.85. The Morgan fingerprint density at radius 2 is 1.88 bits per heavy atom. The highest BCUT2D eigenvalue weighted by atomic mass is 35.5. The lowest BCUT2D eigenvalue weighted by atomic mass is 10.1. The molecule has 1 saturated carbocycles. The summed E-state index contributed by atoms with van der Waals surface area (Å²) in [6.45, 7) is 6.32. The smallest absolute Gasteiger partial charge is 0.258 e. The summed E-state index contributed by atoms with van der Waals surface area (Å²) >= 11 is 0. The van der Waals surface area contributed by atoms with Crippen LogP contribution in [0.4, 0.5) is 5.69 Å². The number of aliphatic hydroxyl groups excluding tert-OH is 1. The molecular weight excluding hydrogens is 430 g/mol. The molecule has 1 heterocycles. The first-order chi connectivity index (χ1) is 14.5. The Kier molecular flexibility index (Phi) is 9.07. The molecular formula is C24H34ClN3O4. The third-order valence-electron chi connectivity index (χ3n) is 5.52. The van der Waals surface area contributed by atoms with Gasteiger partial charge < -0.3 is 25.2 Å². The monoisotopic (exact) mass is 463 g/mol. The Hall–Kier alpha value is -2.61. The summed E-state index contributed by atoms with van der Waals surface area (Å²) < 4.78 is 11.3. The second kappa shape index (κ2) is 11.3. The fraction of sp³-hybridized carbons (Fsp3) is 0.417. The van der Waals surface area contributed by atoms with E-state index in [0.29, 0.717) is 23.7 Å². The molecule has 1 aromatic heterocycles. The number of nitrogens with zero attached hydrogens (tertiary/aromatic N) is 2. The van der Waals surface area contributed by atoms with E-state index >= 15 is 0 Å². The van der Waals surface area contributed by atoms with Crippen molar-refractivity contribution in [3.05, 3.63) is 48.0 Å². The zero-order valence-corrected chi connectivity index (χ0v) is 19.5. The van der Waals surface area contributed by atoms with Gasteiger partial charge in [0.15, 0.2) is 0 Å². The molecule has 3 aromatic rings. The van der Waals surface area contributed by atoms with Crippen LogP contribution in [0.1, 0.15) is 40.1 Å². The molecule has 0 amide bonds. The Morgan fingerprint density at radius 1 is 1.16 bits per heavy atom. The third-order valence-corrected chi connectivity index (χ3v) is 5.52. The molecule has 0 bridgehead atoms. The first kappa shape index (κ1) is 25.6. The number of aliphatic hydroxyl groups is 1. The molecule has 4 N–H and O–H groups in total. The summed E-state index contributed by atoms with van der Waals surface area (Å²) in [6, 6.07) is 14.4. The van der Waals surface area contributed by atoms with Crippen molar-refractivity contribution >= 4 is 18.1 Å². The summed E-state index contributed by atoms with van der Waals surface area (Å²) in [5, 5.41) is 17.0. The summed E-state index contributed by atoms with van der Waals surface area (Å²) in [7, 11) is 0. The Morgan fingerprint density at radius 3 is 2.50 bits per heavy atom. The number of aryl methyl sites for hydroxylation is 1. The maximum Gasteiger partial charge on any atom is 0.258 e.